The van der Waals surface area contributed by atoms with Gasteiger partial charge in [-0.15, -0.1) is 0 Å². The molecular formula is C19H24N2O4S. The molecule has 0 saturated carbocycles. The molecule has 26 heavy (non-hydrogen) atoms. The molecule has 0 aliphatic carbocycles. The molecule has 2 rings (SSSR count). The molecule has 2 aromatic carbocycles. The number of sulfonamides is 1. The Kier molecular flexibility index (Phi) is 6.76. The number of nitrogens with one attached hydrogen (secondary N) is 1. The molecule has 0 aliphatic heterocycles. The Balaban J connectivity index is 2.10. The third-order valence-electron chi connectivity index (χ3n) is 4.11. The van der Waals surface area contributed by atoms with Crippen molar-refractivity contribution < 1.29 is 18.3 Å². The van der Waals surface area contributed by atoms with E-state index < -0.39 is 15.9 Å². The molecule has 7 heteroatoms. The minimum Gasteiger partial charge on any atom is -0.508 e. The summed E-state index contributed by atoms with van der Waals surface area (Å²) in [6.45, 7) is 0.0538. The largest absolute Gasteiger partial charge is 0.508 e. The maximum atomic E-state index is 12.7. The van der Waals surface area contributed by atoms with Crippen molar-refractivity contribution in [2.24, 2.45) is 0 Å². The summed E-state index contributed by atoms with van der Waals surface area (Å²) in [4.78, 5) is 12.7. The van der Waals surface area contributed by atoms with Gasteiger partial charge in [-0.3, -0.25) is 4.79 Å². The fraction of sp³-hybridized carbons (Fsp3) is 0.316. The molecule has 0 saturated heterocycles. The Labute approximate surface area is 154 Å². The first-order valence-electron chi connectivity index (χ1n) is 8.30. The zero-order chi connectivity index (χ0) is 19.2. The predicted octanol–water partition coefficient (Wildman–Crippen LogP) is 1.73. The normalized spacial score (nSPS) is 12.7. The molecular weight excluding hydrogens is 352 g/mol. The Morgan fingerprint density at radius 1 is 1.08 bits per heavy atom. The number of phenolic OH excluding ortho intramolecular Hbond substituents is 1. The lowest BCUT2D eigenvalue weighted by Gasteiger charge is -2.18. The highest BCUT2D eigenvalue weighted by Gasteiger charge is 2.22. The standard InChI is InChI=1S/C19H24N2O4S/c1-21(2)26(24,25)13-12-20-19(23)18(16-6-4-3-5-7-16)14-15-8-10-17(22)11-9-15/h3-11,18,22H,12-14H2,1-2H3,(H,20,23)/t18-/m1/s1. The lowest BCUT2D eigenvalue weighted by atomic mass is 9.91. The average Bonchev–Trinajstić information content (AvgIpc) is 2.61. The van der Waals surface area contributed by atoms with Crippen molar-refractivity contribution in [3.8, 4) is 5.75 Å². The Morgan fingerprint density at radius 2 is 1.69 bits per heavy atom. The Morgan fingerprint density at radius 3 is 2.27 bits per heavy atom. The molecule has 6 nitrogen and oxygen atoms in total. The first kappa shape index (κ1) is 19.9. The Bertz CT molecular complexity index is 818. The number of hydrogen-bond donors (Lipinski definition) is 2. The molecule has 0 fully saturated rings. The molecule has 0 heterocycles. The van der Waals surface area contributed by atoms with E-state index in [1.165, 1.54) is 14.1 Å². The third-order valence-corrected chi connectivity index (χ3v) is 5.94. The topological polar surface area (TPSA) is 86.7 Å². The number of carbonyl (C=O) groups is 1. The number of nitrogens with zero attached hydrogens (tertiary/aromatic N) is 1. The highest BCUT2D eigenvalue weighted by Crippen LogP contribution is 2.22. The SMILES string of the molecule is CN(C)S(=O)(=O)CCNC(=O)[C@H](Cc1ccc(O)cc1)c1ccccc1. The van der Waals surface area contributed by atoms with Gasteiger partial charge in [0.2, 0.25) is 15.9 Å². The lowest BCUT2D eigenvalue weighted by molar-refractivity contribution is -0.122. The highest BCUT2D eigenvalue weighted by atomic mass is 32.2. The van der Waals surface area contributed by atoms with Crippen molar-refractivity contribution >= 4 is 15.9 Å². The number of benzene rings is 2. The van der Waals surface area contributed by atoms with Crippen LogP contribution < -0.4 is 5.32 Å². The van der Waals surface area contributed by atoms with Crippen LogP contribution in [0.1, 0.15) is 17.0 Å². The summed E-state index contributed by atoms with van der Waals surface area (Å²) in [5.74, 6) is -0.642. The van der Waals surface area contributed by atoms with Crippen molar-refractivity contribution in [3.05, 3.63) is 65.7 Å². The van der Waals surface area contributed by atoms with Crippen LogP contribution in [-0.2, 0) is 21.2 Å². The van der Waals surface area contributed by atoms with Gasteiger partial charge in [-0.1, -0.05) is 42.5 Å². The zero-order valence-corrected chi connectivity index (χ0v) is 15.7. The number of phenols is 1. The number of aromatic hydroxyl groups is 1. The maximum Gasteiger partial charge on any atom is 0.227 e. The fourth-order valence-electron chi connectivity index (χ4n) is 2.52. The highest BCUT2D eigenvalue weighted by molar-refractivity contribution is 7.89. The van der Waals surface area contributed by atoms with Crippen molar-refractivity contribution in [3.63, 3.8) is 0 Å². The van der Waals surface area contributed by atoms with Gasteiger partial charge in [0.25, 0.3) is 0 Å². The minimum atomic E-state index is -3.36. The molecule has 2 aromatic rings. The molecule has 0 radical (unpaired) electrons. The summed E-state index contributed by atoms with van der Waals surface area (Å²) in [6.07, 6.45) is 0.455. The zero-order valence-electron chi connectivity index (χ0n) is 14.9. The summed E-state index contributed by atoms with van der Waals surface area (Å²) in [7, 11) is -0.423. The quantitative estimate of drug-likeness (QED) is 0.735. The summed E-state index contributed by atoms with van der Waals surface area (Å²) >= 11 is 0. The molecule has 0 unspecified atom stereocenters. The molecule has 2 N–H and O–H groups in total. The van der Waals surface area contributed by atoms with E-state index in [2.05, 4.69) is 5.32 Å². The first-order valence-corrected chi connectivity index (χ1v) is 9.91. The molecule has 0 spiro atoms. The van der Waals surface area contributed by atoms with Gasteiger partial charge in [-0.25, -0.2) is 12.7 Å². The van der Waals surface area contributed by atoms with Crippen molar-refractivity contribution in [1.82, 2.24) is 9.62 Å². The van der Waals surface area contributed by atoms with Crippen molar-refractivity contribution in [2.75, 3.05) is 26.4 Å². The van der Waals surface area contributed by atoms with E-state index in [9.17, 15) is 18.3 Å². The smallest absolute Gasteiger partial charge is 0.227 e. The van der Waals surface area contributed by atoms with E-state index in [1.807, 2.05) is 30.3 Å². The molecule has 1 amide bonds. The third kappa shape index (κ3) is 5.57. The predicted molar refractivity (Wildman–Crippen MR) is 101 cm³/mol. The van der Waals surface area contributed by atoms with Gasteiger partial charge >= 0.3 is 0 Å². The molecule has 0 bridgehead atoms. The van der Waals surface area contributed by atoms with Crippen LogP contribution in [0.25, 0.3) is 0 Å². The monoisotopic (exact) mass is 376 g/mol. The van der Waals surface area contributed by atoms with Crippen molar-refractivity contribution in [2.45, 2.75) is 12.3 Å². The van der Waals surface area contributed by atoms with Gasteiger partial charge in [-0.05, 0) is 29.7 Å². The molecule has 0 aliphatic rings. The van der Waals surface area contributed by atoms with Crippen LogP contribution in [0.3, 0.4) is 0 Å². The second-order valence-electron chi connectivity index (χ2n) is 6.22. The number of hydrogen-bond acceptors (Lipinski definition) is 4. The molecule has 0 aromatic heterocycles. The van der Waals surface area contributed by atoms with Gasteiger partial charge in [0, 0.05) is 20.6 Å². The van der Waals surface area contributed by atoms with Gasteiger partial charge in [0.15, 0.2) is 0 Å². The van der Waals surface area contributed by atoms with Crippen LogP contribution in [0.15, 0.2) is 54.6 Å². The van der Waals surface area contributed by atoms with E-state index in [0.29, 0.717) is 6.42 Å². The van der Waals surface area contributed by atoms with Crippen LogP contribution in [0.4, 0.5) is 0 Å². The second-order valence-corrected chi connectivity index (χ2v) is 8.53. The summed E-state index contributed by atoms with van der Waals surface area (Å²) < 4.78 is 24.8. The van der Waals surface area contributed by atoms with Crippen LogP contribution in [-0.4, -0.2) is 50.1 Å². The van der Waals surface area contributed by atoms with E-state index in [4.69, 9.17) is 0 Å². The average molecular weight is 376 g/mol. The number of carbonyl (C=O) groups excluding carboxylic acids is 1. The van der Waals surface area contributed by atoms with Crippen LogP contribution in [0, 0.1) is 0 Å². The number of rotatable bonds is 8. The maximum absolute atomic E-state index is 12.7. The fourth-order valence-corrected chi connectivity index (χ4v) is 3.25. The van der Waals surface area contributed by atoms with Crippen LogP contribution in [0.2, 0.25) is 0 Å². The summed E-state index contributed by atoms with van der Waals surface area (Å²) in [5.41, 5.74) is 1.77. The number of amides is 1. The van der Waals surface area contributed by atoms with Gasteiger partial charge in [0.1, 0.15) is 5.75 Å². The first-order chi connectivity index (χ1) is 12.3. The Hall–Kier alpha value is -2.38. The van der Waals surface area contributed by atoms with E-state index in [0.717, 1.165) is 15.4 Å². The van der Waals surface area contributed by atoms with E-state index >= 15 is 0 Å². The lowest BCUT2D eigenvalue weighted by Crippen LogP contribution is -2.36. The van der Waals surface area contributed by atoms with E-state index in [1.54, 1.807) is 24.3 Å². The summed E-state index contributed by atoms with van der Waals surface area (Å²) in [5, 5.41) is 12.1. The van der Waals surface area contributed by atoms with Crippen LogP contribution >= 0.6 is 0 Å². The molecule has 1 atom stereocenters. The minimum absolute atomic E-state index is 0.0538. The van der Waals surface area contributed by atoms with E-state index in [-0.39, 0.29) is 24.0 Å². The van der Waals surface area contributed by atoms with Gasteiger partial charge < -0.3 is 10.4 Å². The summed E-state index contributed by atoms with van der Waals surface area (Å²) in [6, 6.07) is 16.1. The van der Waals surface area contributed by atoms with Crippen molar-refractivity contribution in [1.29, 1.82) is 0 Å². The second kappa shape index (κ2) is 8.82. The van der Waals surface area contributed by atoms with Gasteiger partial charge in [0.05, 0.1) is 11.7 Å². The van der Waals surface area contributed by atoms with Gasteiger partial charge in [-0.2, -0.15) is 0 Å². The van der Waals surface area contributed by atoms with Crippen LogP contribution in [0.5, 0.6) is 5.75 Å². The molecule has 140 valence electrons.